The van der Waals surface area contributed by atoms with Gasteiger partial charge in [-0.2, -0.15) is 0 Å². The molecule has 0 aliphatic carbocycles. The Morgan fingerprint density at radius 1 is 1.11 bits per heavy atom. The normalized spacial score (nSPS) is 12.7. The summed E-state index contributed by atoms with van der Waals surface area (Å²) in [5.41, 5.74) is 0. The van der Waals surface area contributed by atoms with Crippen molar-refractivity contribution >= 4 is 16.5 Å². The SMILES string of the molecule is CCCCCC[P][P]C. The number of rotatable bonds is 6. The average Bonchev–Trinajstić information content (AvgIpc) is 1.89. The van der Waals surface area contributed by atoms with Gasteiger partial charge in [0, 0.05) is 0 Å². The largest absolute Gasteiger partial charge is 0.0654 e. The summed E-state index contributed by atoms with van der Waals surface area (Å²) >= 11 is 0. The van der Waals surface area contributed by atoms with Crippen LogP contribution in [0.15, 0.2) is 0 Å². The molecular formula is C7H16P2. The van der Waals surface area contributed by atoms with E-state index in [2.05, 4.69) is 13.6 Å². The van der Waals surface area contributed by atoms with Crippen LogP contribution in [0.25, 0.3) is 0 Å². The quantitative estimate of drug-likeness (QED) is 0.409. The summed E-state index contributed by atoms with van der Waals surface area (Å²) in [5, 5.41) is 0. The van der Waals surface area contributed by atoms with E-state index in [0.29, 0.717) is 0 Å². The van der Waals surface area contributed by atoms with Crippen LogP contribution in [0.5, 0.6) is 0 Å². The Labute approximate surface area is 62.7 Å². The maximum atomic E-state index is 2.26. The molecule has 0 heterocycles. The number of unbranched alkanes of at least 4 members (excludes halogenated alkanes) is 3. The zero-order valence-electron chi connectivity index (χ0n) is 6.43. The number of hydrogen-bond acceptors (Lipinski definition) is 0. The van der Waals surface area contributed by atoms with Crippen LogP contribution >= 0.6 is 16.5 Å². The van der Waals surface area contributed by atoms with Gasteiger partial charge in [-0.1, -0.05) is 26.2 Å². The molecule has 0 spiro atoms. The lowest BCUT2D eigenvalue weighted by Crippen LogP contribution is -1.75. The topological polar surface area (TPSA) is 0 Å². The molecule has 0 amide bonds. The summed E-state index contributed by atoms with van der Waals surface area (Å²) in [5.74, 6) is 0. The molecule has 2 heteroatoms. The third-order valence-corrected chi connectivity index (χ3v) is 3.50. The van der Waals surface area contributed by atoms with Crippen molar-refractivity contribution in [2.75, 3.05) is 12.8 Å². The molecule has 0 aromatic carbocycles. The Morgan fingerprint density at radius 2 is 1.89 bits per heavy atom. The molecule has 0 aliphatic heterocycles. The van der Waals surface area contributed by atoms with E-state index in [9.17, 15) is 0 Å². The zero-order chi connectivity index (χ0) is 6.95. The van der Waals surface area contributed by atoms with Gasteiger partial charge in [-0.3, -0.25) is 0 Å². The minimum Gasteiger partial charge on any atom is -0.0654 e. The first-order chi connectivity index (χ1) is 4.41. The van der Waals surface area contributed by atoms with Crippen molar-refractivity contribution in [2.45, 2.75) is 32.6 Å². The van der Waals surface area contributed by atoms with Gasteiger partial charge in [0.15, 0.2) is 0 Å². The molecule has 0 aromatic rings. The predicted molar refractivity (Wildman–Crippen MR) is 48.8 cm³/mol. The van der Waals surface area contributed by atoms with Gasteiger partial charge in [0.05, 0.1) is 0 Å². The van der Waals surface area contributed by atoms with Crippen LogP contribution in [0.2, 0.25) is 0 Å². The fourth-order valence-corrected chi connectivity index (χ4v) is 2.30. The van der Waals surface area contributed by atoms with Gasteiger partial charge in [-0.05, 0) is 35.8 Å². The first-order valence-corrected chi connectivity index (χ1v) is 6.80. The second-order valence-corrected chi connectivity index (χ2v) is 5.30. The van der Waals surface area contributed by atoms with Crippen molar-refractivity contribution in [2.24, 2.45) is 0 Å². The molecule has 0 rings (SSSR count). The summed E-state index contributed by atoms with van der Waals surface area (Å²) in [6, 6.07) is 0. The first kappa shape index (κ1) is 9.86. The third-order valence-electron chi connectivity index (χ3n) is 1.25. The lowest BCUT2D eigenvalue weighted by atomic mass is 10.2. The van der Waals surface area contributed by atoms with Crippen molar-refractivity contribution in [3.8, 4) is 0 Å². The second kappa shape index (κ2) is 8.86. The van der Waals surface area contributed by atoms with E-state index < -0.39 is 0 Å². The van der Waals surface area contributed by atoms with Gasteiger partial charge in [-0.15, -0.1) is 0 Å². The van der Waals surface area contributed by atoms with Crippen LogP contribution in [-0.2, 0) is 0 Å². The van der Waals surface area contributed by atoms with Crippen molar-refractivity contribution in [1.29, 1.82) is 0 Å². The summed E-state index contributed by atoms with van der Waals surface area (Å²) in [6.07, 6.45) is 7.09. The molecule has 2 radical (unpaired) electrons. The molecule has 0 unspecified atom stereocenters. The fourth-order valence-electron chi connectivity index (χ4n) is 0.709. The van der Waals surface area contributed by atoms with E-state index in [1.165, 1.54) is 40.1 Å². The molecule has 0 N–H and O–H groups in total. The van der Waals surface area contributed by atoms with Crippen molar-refractivity contribution in [1.82, 2.24) is 0 Å². The standard InChI is InChI=1S/C7H16P2/c1-3-4-5-6-7-9-8-2/h3-7H2,1-2H3. The highest BCUT2D eigenvalue weighted by atomic mass is 32.0. The molecule has 0 aromatic heterocycles. The maximum Gasteiger partial charge on any atom is -0.0242 e. The third kappa shape index (κ3) is 8.86. The van der Waals surface area contributed by atoms with Crippen LogP contribution in [0.3, 0.4) is 0 Å². The molecule has 0 saturated heterocycles. The predicted octanol–water partition coefficient (Wildman–Crippen LogP) is 4.00. The van der Waals surface area contributed by atoms with Crippen LogP contribution in [0.4, 0.5) is 0 Å². The molecular weight excluding hydrogens is 146 g/mol. The fraction of sp³-hybridized carbons (Fsp3) is 1.00. The minimum absolute atomic E-state index is 1.36. The highest BCUT2D eigenvalue weighted by Crippen LogP contribution is 2.33. The second-order valence-electron chi connectivity index (χ2n) is 2.13. The number of hydrogen-bond donors (Lipinski definition) is 0. The van der Waals surface area contributed by atoms with Gasteiger partial charge in [0.1, 0.15) is 0 Å². The summed E-state index contributed by atoms with van der Waals surface area (Å²) in [6.45, 7) is 4.48. The Kier molecular flexibility index (Phi) is 9.71. The summed E-state index contributed by atoms with van der Waals surface area (Å²) < 4.78 is 0. The van der Waals surface area contributed by atoms with E-state index in [0.717, 1.165) is 0 Å². The molecule has 0 fully saturated rings. The minimum atomic E-state index is 1.36. The monoisotopic (exact) mass is 162 g/mol. The van der Waals surface area contributed by atoms with E-state index in [4.69, 9.17) is 0 Å². The first-order valence-electron chi connectivity index (χ1n) is 3.67. The van der Waals surface area contributed by atoms with Gasteiger partial charge < -0.3 is 0 Å². The molecule has 9 heavy (non-hydrogen) atoms. The van der Waals surface area contributed by atoms with Crippen LogP contribution in [0.1, 0.15) is 32.6 Å². The van der Waals surface area contributed by atoms with Crippen molar-refractivity contribution < 1.29 is 0 Å². The molecule has 0 nitrogen and oxygen atoms in total. The van der Waals surface area contributed by atoms with Crippen molar-refractivity contribution in [3.05, 3.63) is 0 Å². The van der Waals surface area contributed by atoms with Gasteiger partial charge >= 0.3 is 0 Å². The molecule has 54 valence electrons. The highest BCUT2D eigenvalue weighted by Gasteiger charge is 1.86. The lowest BCUT2D eigenvalue weighted by molar-refractivity contribution is 0.706. The van der Waals surface area contributed by atoms with Crippen LogP contribution < -0.4 is 0 Å². The van der Waals surface area contributed by atoms with Crippen LogP contribution in [0, 0.1) is 0 Å². The van der Waals surface area contributed by atoms with Crippen molar-refractivity contribution in [3.63, 3.8) is 0 Å². The Balaban J connectivity index is 2.60. The van der Waals surface area contributed by atoms with Gasteiger partial charge in [-0.25, -0.2) is 0 Å². The smallest absolute Gasteiger partial charge is 0.0242 e. The Morgan fingerprint density at radius 3 is 2.44 bits per heavy atom. The van der Waals surface area contributed by atoms with E-state index in [-0.39, 0.29) is 0 Å². The molecule has 0 bridgehead atoms. The van der Waals surface area contributed by atoms with E-state index in [1.54, 1.807) is 8.27 Å². The highest BCUT2D eigenvalue weighted by molar-refractivity contribution is 8.11. The lowest BCUT2D eigenvalue weighted by Gasteiger charge is -1.95. The summed E-state index contributed by atoms with van der Waals surface area (Å²) in [7, 11) is 3.15. The Bertz CT molecular complexity index is 40.2. The zero-order valence-corrected chi connectivity index (χ0v) is 8.22. The summed E-state index contributed by atoms with van der Waals surface area (Å²) in [4.78, 5) is 0. The van der Waals surface area contributed by atoms with E-state index >= 15 is 0 Å². The van der Waals surface area contributed by atoms with Gasteiger partial charge in [0.2, 0.25) is 0 Å². The van der Waals surface area contributed by atoms with Crippen LogP contribution in [-0.4, -0.2) is 12.8 Å². The average molecular weight is 162 g/mol. The molecule has 0 atom stereocenters. The Hall–Kier alpha value is 0.860. The molecule has 0 aliphatic rings. The maximum absolute atomic E-state index is 2.26. The van der Waals surface area contributed by atoms with Gasteiger partial charge in [0.25, 0.3) is 0 Å². The molecule has 0 saturated carbocycles. The van der Waals surface area contributed by atoms with E-state index in [1.807, 2.05) is 0 Å².